The zero-order valence-corrected chi connectivity index (χ0v) is 11.3. The van der Waals surface area contributed by atoms with E-state index in [1.54, 1.807) is 12.1 Å². The van der Waals surface area contributed by atoms with Gasteiger partial charge in [0.15, 0.2) is 0 Å². The van der Waals surface area contributed by atoms with Crippen LogP contribution in [0.25, 0.3) is 0 Å². The predicted molar refractivity (Wildman–Crippen MR) is 75.5 cm³/mol. The highest BCUT2D eigenvalue weighted by molar-refractivity contribution is 9.10. The fraction of sp³-hybridized carbons (Fsp3) is 0.143. The van der Waals surface area contributed by atoms with E-state index in [1.807, 2.05) is 30.3 Å². The van der Waals surface area contributed by atoms with E-state index in [9.17, 15) is 5.11 Å². The van der Waals surface area contributed by atoms with Crippen LogP contribution in [0.15, 0.2) is 46.9 Å². The van der Waals surface area contributed by atoms with Crippen LogP contribution >= 0.6 is 15.9 Å². The van der Waals surface area contributed by atoms with Gasteiger partial charge in [0.05, 0.1) is 6.61 Å². The third-order valence-electron chi connectivity index (χ3n) is 2.63. The highest BCUT2D eigenvalue weighted by Gasteiger charge is 2.02. The predicted octanol–water partition coefficient (Wildman–Crippen LogP) is 3.26. The SMILES string of the molecule is OCc1cccc(NCc2cc(Br)ccc2O)c1. The first-order chi connectivity index (χ1) is 8.69. The summed E-state index contributed by atoms with van der Waals surface area (Å²) in [6.45, 7) is 0.553. The molecule has 94 valence electrons. The van der Waals surface area contributed by atoms with E-state index in [-0.39, 0.29) is 12.4 Å². The number of phenols is 1. The number of anilines is 1. The van der Waals surface area contributed by atoms with Crippen LogP contribution in [-0.2, 0) is 13.2 Å². The molecule has 3 nitrogen and oxygen atoms in total. The summed E-state index contributed by atoms with van der Waals surface area (Å²) in [6.07, 6.45) is 0. The van der Waals surface area contributed by atoms with Crippen molar-refractivity contribution in [1.82, 2.24) is 0 Å². The van der Waals surface area contributed by atoms with Crippen LogP contribution in [0.4, 0.5) is 5.69 Å². The average molecular weight is 308 g/mol. The number of aliphatic hydroxyl groups excluding tert-OH is 1. The van der Waals surface area contributed by atoms with E-state index < -0.39 is 0 Å². The second-order valence-corrected chi connectivity index (χ2v) is 4.90. The highest BCUT2D eigenvalue weighted by atomic mass is 79.9. The second-order valence-electron chi connectivity index (χ2n) is 3.99. The molecular formula is C14H14BrNO2. The highest BCUT2D eigenvalue weighted by Crippen LogP contribution is 2.23. The topological polar surface area (TPSA) is 52.5 Å². The van der Waals surface area contributed by atoms with Crippen molar-refractivity contribution < 1.29 is 10.2 Å². The van der Waals surface area contributed by atoms with E-state index in [2.05, 4.69) is 21.2 Å². The van der Waals surface area contributed by atoms with Gasteiger partial charge in [-0.1, -0.05) is 28.1 Å². The minimum Gasteiger partial charge on any atom is -0.508 e. The van der Waals surface area contributed by atoms with Gasteiger partial charge >= 0.3 is 0 Å². The van der Waals surface area contributed by atoms with E-state index in [1.165, 1.54) is 0 Å². The molecule has 0 aliphatic heterocycles. The van der Waals surface area contributed by atoms with Crippen molar-refractivity contribution in [2.24, 2.45) is 0 Å². The van der Waals surface area contributed by atoms with Crippen molar-refractivity contribution in [3.63, 3.8) is 0 Å². The van der Waals surface area contributed by atoms with Crippen LogP contribution < -0.4 is 5.32 Å². The van der Waals surface area contributed by atoms with Gasteiger partial charge in [-0.25, -0.2) is 0 Å². The molecule has 0 aliphatic carbocycles. The van der Waals surface area contributed by atoms with E-state index in [0.717, 1.165) is 21.3 Å². The maximum atomic E-state index is 9.71. The molecule has 0 heterocycles. The lowest BCUT2D eigenvalue weighted by Gasteiger charge is -2.09. The number of benzene rings is 2. The van der Waals surface area contributed by atoms with Crippen molar-refractivity contribution in [3.8, 4) is 5.75 Å². The zero-order chi connectivity index (χ0) is 13.0. The molecule has 0 aromatic heterocycles. The molecule has 0 saturated heterocycles. The maximum Gasteiger partial charge on any atom is 0.120 e. The van der Waals surface area contributed by atoms with E-state index in [0.29, 0.717) is 6.54 Å². The number of aliphatic hydroxyl groups is 1. The molecule has 0 radical (unpaired) electrons. The van der Waals surface area contributed by atoms with Crippen LogP contribution in [0.1, 0.15) is 11.1 Å². The lowest BCUT2D eigenvalue weighted by atomic mass is 10.2. The molecule has 0 saturated carbocycles. The quantitative estimate of drug-likeness (QED) is 0.812. The molecule has 0 bridgehead atoms. The lowest BCUT2D eigenvalue weighted by molar-refractivity contribution is 0.282. The normalized spacial score (nSPS) is 10.3. The Bertz CT molecular complexity index is 543. The molecule has 18 heavy (non-hydrogen) atoms. The summed E-state index contributed by atoms with van der Waals surface area (Å²) in [5.74, 6) is 0.268. The Kier molecular flexibility index (Phi) is 4.23. The molecule has 0 fully saturated rings. The number of phenolic OH excluding ortho intramolecular Hbond substituents is 1. The Morgan fingerprint density at radius 2 is 1.94 bits per heavy atom. The van der Waals surface area contributed by atoms with Gasteiger partial charge in [-0.05, 0) is 35.9 Å². The molecular weight excluding hydrogens is 294 g/mol. The minimum atomic E-state index is 0.0255. The largest absolute Gasteiger partial charge is 0.508 e. The van der Waals surface area contributed by atoms with Crippen LogP contribution in [-0.4, -0.2) is 10.2 Å². The maximum absolute atomic E-state index is 9.71. The van der Waals surface area contributed by atoms with Gasteiger partial charge in [-0.3, -0.25) is 0 Å². The van der Waals surface area contributed by atoms with Crippen LogP contribution in [0.5, 0.6) is 5.75 Å². The van der Waals surface area contributed by atoms with E-state index >= 15 is 0 Å². The van der Waals surface area contributed by atoms with Crippen molar-refractivity contribution in [2.45, 2.75) is 13.2 Å². The number of aromatic hydroxyl groups is 1. The first-order valence-electron chi connectivity index (χ1n) is 5.60. The van der Waals surface area contributed by atoms with Crippen LogP contribution in [0.3, 0.4) is 0 Å². The van der Waals surface area contributed by atoms with Gasteiger partial charge in [0.2, 0.25) is 0 Å². The third kappa shape index (κ3) is 3.24. The molecule has 2 aromatic carbocycles. The van der Waals surface area contributed by atoms with Gasteiger partial charge in [0.25, 0.3) is 0 Å². The summed E-state index contributed by atoms with van der Waals surface area (Å²) in [5.41, 5.74) is 2.60. The number of halogens is 1. The molecule has 0 spiro atoms. The Morgan fingerprint density at radius 3 is 2.72 bits per heavy atom. The summed E-state index contributed by atoms with van der Waals surface area (Å²) >= 11 is 3.37. The molecule has 0 amide bonds. The molecule has 2 aromatic rings. The average Bonchev–Trinajstić information content (AvgIpc) is 2.40. The number of hydrogen-bond acceptors (Lipinski definition) is 3. The van der Waals surface area contributed by atoms with Crippen molar-refractivity contribution in [1.29, 1.82) is 0 Å². The minimum absolute atomic E-state index is 0.0255. The lowest BCUT2D eigenvalue weighted by Crippen LogP contribution is -2.00. The number of hydrogen-bond donors (Lipinski definition) is 3. The standard InChI is InChI=1S/C14H14BrNO2/c15-12-4-5-14(18)11(7-12)8-16-13-3-1-2-10(6-13)9-17/h1-7,16-18H,8-9H2. The summed E-state index contributed by atoms with van der Waals surface area (Å²) in [7, 11) is 0. The molecule has 2 rings (SSSR count). The number of nitrogens with one attached hydrogen (secondary N) is 1. The van der Waals surface area contributed by atoms with Crippen LogP contribution in [0, 0.1) is 0 Å². The summed E-state index contributed by atoms with van der Waals surface area (Å²) < 4.78 is 0.932. The summed E-state index contributed by atoms with van der Waals surface area (Å²) in [4.78, 5) is 0. The second kappa shape index (κ2) is 5.89. The summed E-state index contributed by atoms with van der Waals surface area (Å²) in [5, 5.41) is 22.0. The van der Waals surface area contributed by atoms with E-state index in [4.69, 9.17) is 5.11 Å². The molecule has 0 aliphatic rings. The molecule has 0 atom stereocenters. The first-order valence-corrected chi connectivity index (χ1v) is 6.39. The molecule has 4 heteroatoms. The van der Waals surface area contributed by atoms with Gasteiger partial charge in [-0.15, -0.1) is 0 Å². The van der Waals surface area contributed by atoms with Crippen molar-refractivity contribution >= 4 is 21.6 Å². The fourth-order valence-electron chi connectivity index (χ4n) is 1.67. The Labute approximate surface area is 114 Å². The van der Waals surface area contributed by atoms with Crippen molar-refractivity contribution in [3.05, 3.63) is 58.1 Å². The Hall–Kier alpha value is -1.52. The number of rotatable bonds is 4. The fourth-order valence-corrected chi connectivity index (χ4v) is 2.08. The molecule has 3 N–H and O–H groups in total. The third-order valence-corrected chi connectivity index (χ3v) is 3.13. The van der Waals surface area contributed by atoms with Gasteiger partial charge in [0.1, 0.15) is 5.75 Å². The smallest absolute Gasteiger partial charge is 0.120 e. The van der Waals surface area contributed by atoms with Gasteiger partial charge in [0, 0.05) is 22.3 Å². The first kappa shape index (κ1) is 12.9. The van der Waals surface area contributed by atoms with Gasteiger partial charge in [-0.2, -0.15) is 0 Å². The van der Waals surface area contributed by atoms with Crippen molar-refractivity contribution in [2.75, 3.05) is 5.32 Å². The van der Waals surface area contributed by atoms with Crippen LogP contribution in [0.2, 0.25) is 0 Å². The Morgan fingerprint density at radius 1 is 1.11 bits per heavy atom. The Balaban J connectivity index is 2.08. The monoisotopic (exact) mass is 307 g/mol. The molecule has 0 unspecified atom stereocenters. The summed E-state index contributed by atoms with van der Waals surface area (Å²) in [6, 6.07) is 12.9. The van der Waals surface area contributed by atoms with Gasteiger partial charge < -0.3 is 15.5 Å². The zero-order valence-electron chi connectivity index (χ0n) is 9.73.